The lowest BCUT2D eigenvalue weighted by atomic mass is 9.84. The molecule has 1 heterocycles. The Labute approximate surface area is 117 Å². The summed E-state index contributed by atoms with van der Waals surface area (Å²) in [6.07, 6.45) is 0.397. The largest absolute Gasteiger partial charge is 0.481 e. The zero-order valence-electron chi connectivity index (χ0n) is 11.6. The smallest absolute Gasteiger partial charge is 0.309 e. The number of amides is 1. The molecule has 0 bridgehead atoms. The van der Waals surface area contributed by atoms with Gasteiger partial charge in [-0.2, -0.15) is 0 Å². The van der Waals surface area contributed by atoms with Crippen molar-refractivity contribution in [2.24, 2.45) is 5.41 Å². The first-order valence-electron chi connectivity index (χ1n) is 6.64. The van der Waals surface area contributed by atoms with Crippen LogP contribution in [-0.4, -0.2) is 22.1 Å². The van der Waals surface area contributed by atoms with Gasteiger partial charge in [-0.25, -0.2) is 0 Å². The number of fused-ring (bicyclic) bond motifs is 1. The van der Waals surface area contributed by atoms with Crippen molar-refractivity contribution in [1.29, 1.82) is 0 Å². The summed E-state index contributed by atoms with van der Waals surface area (Å²) in [5.41, 5.74) is 1.46. The van der Waals surface area contributed by atoms with Crippen LogP contribution < -0.4 is 5.32 Å². The number of hydrogen-bond donors (Lipinski definition) is 3. The standard InChI is InChI=1S/C15H19NO4/c1-15(2,14(19)20)8-12(17)10-3-5-11-9(7-10)4-6-13(18)16-11/h3,5,7,12,17H,4,6,8H2,1-2H3,(H,16,18)(H,19,20). The van der Waals surface area contributed by atoms with Crippen LogP contribution in [0.4, 0.5) is 5.69 Å². The van der Waals surface area contributed by atoms with Gasteiger partial charge in [-0.3, -0.25) is 9.59 Å². The summed E-state index contributed by atoms with van der Waals surface area (Å²) in [6, 6.07) is 5.34. The Morgan fingerprint density at radius 1 is 1.40 bits per heavy atom. The minimum absolute atomic E-state index is 0.00203. The molecule has 1 atom stereocenters. The molecule has 0 aliphatic carbocycles. The number of carbonyl (C=O) groups excluding carboxylic acids is 1. The van der Waals surface area contributed by atoms with Crippen molar-refractivity contribution < 1.29 is 19.8 Å². The first kappa shape index (κ1) is 14.5. The Morgan fingerprint density at radius 2 is 2.10 bits per heavy atom. The van der Waals surface area contributed by atoms with E-state index in [1.807, 2.05) is 6.07 Å². The maximum absolute atomic E-state index is 11.3. The highest BCUT2D eigenvalue weighted by molar-refractivity contribution is 5.93. The summed E-state index contributed by atoms with van der Waals surface area (Å²) in [6.45, 7) is 3.19. The van der Waals surface area contributed by atoms with Crippen LogP contribution in [0.1, 0.15) is 43.9 Å². The van der Waals surface area contributed by atoms with Gasteiger partial charge in [0.25, 0.3) is 0 Å². The average Bonchev–Trinajstić information content (AvgIpc) is 2.37. The number of carbonyl (C=O) groups is 2. The molecule has 2 rings (SSSR count). The lowest BCUT2D eigenvalue weighted by molar-refractivity contribution is -0.148. The number of carboxylic acids is 1. The van der Waals surface area contributed by atoms with Crippen molar-refractivity contribution in [3.05, 3.63) is 29.3 Å². The fourth-order valence-electron chi connectivity index (χ4n) is 2.30. The van der Waals surface area contributed by atoms with Crippen LogP contribution in [0.25, 0.3) is 0 Å². The molecule has 1 aromatic rings. The molecule has 5 heteroatoms. The van der Waals surface area contributed by atoms with Crippen LogP contribution in [0.5, 0.6) is 0 Å². The molecule has 0 saturated heterocycles. The third kappa shape index (κ3) is 2.99. The molecular weight excluding hydrogens is 258 g/mol. The molecule has 5 nitrogen and oxygen atoms in total. The number of aryl methyl sites for hydroxylation is 1. The van der Waals surface area contributed by atoms with Crippen LogP contribution in [0.3, 0.4) is 0 Å². The molecule has 1 amide bonds. The minimum Gasteiger partial charge on any atom is -0.481 e. The van der Waals surface area contributed by atoms with Gasteiger partial charge in [0.1, 0.15) is 0 Å². The SMILES string of the molecule is CC(C)(CC(O)c1ccc2c(c1)CCC(=O)N2)C(=O)O. The Balaban J connectivity index is 2.17. The zero-order valence-corrected chi connectivity index (χ0v) is 11.6. The maximum Gasteiger partial charge on any atom is 0.309 e. The predicted octanol–water partition coefficient (Wildman–Crippen LogP) is 2.11. The third-order valence-corrected chi connectivity index (χ3v) is 3.69. The van der Waals surface area contributed by atoms with E-state index in [0.717, 1.165) is 11.3 Å². The van der Waals surface area contributed by atoms with E-state index in [2.05, 4.69) is 5.32 Å². The van der Waals surface area contributed by atoms with Gasteiger partial charge in [-0.05, 0) is 43.9 Å². The normalized spacial score (nSPS) is 16.2. The number of aliphatic hydroxyl groups is 1. The van der Waals surface area contributed by atoms with Crippen LogP contribution in [0, 0.1) is 5.41 Å². The fourth-order valence-corrected chi connectivity index (χ4v) is 2.30. The molecule has 1 aliphatic heterocycles. The first-order valence-corrected chi connectivity index (χ1v) is 6.64. The number of benzene rings is 1. The van der Waals surface area contributed by atoms with Crippen molar-refractivity contribution >= 4 is 17.6 Å². The van der Waals surface area contributed by atoms with Gasteiger partial charge >= 0.3 is 5.97 Å². The van der Waals surface area contributed by atoms with Crippen molar-refractivity contribution in [2.75, 3.05) is 5.32 Å². The zero-order chi connectivity index (χ0) is 14.9. The van der Waals surface area contributed by atoms with E-state index >= 15 is 0 Å². The number of carboxylic acid groups (broad SMARTS) is 1. The quantitative estimate of drug-likeness (QED) is 0.786. The molecule has 0 radical (unpaired) electrons. The number of aliphatic carboxylic acids is 1. The van der Waals surface area contributed by atoms with Crippen molar-refractivity contribution in [1.82, 2.24) is 0 Å². The lowest BCUT2D eigenvalue weighted by Gasteiger charge is -2.24. The molecule has 1 aromatic carbocycles. The molecule has 20 heavy (non-hydrogen) atoms. The summed E-state index contributed by atoms with van der Waals surface area (Å²) in [4.78, 5) is 22.4. The highest BCUT2D eigenvalue weighted by Crippen LogP contribution is 2.32. The van der Waals surface area contributed by atoms with Crippen molar-refractivity contribution in [3.8, 4) is 0 Å². The van der Waals surface area contributed by atoms with E-state index in [-0.39, 0.29) is 12.3 Å². The highest BCUT2D eigenvalue weighted by atomic mass is 16.4. The lowest BCUT2D eigenvalue weighted by Crippen LogP contribution is -2.26. The van der Waals surface area contributed by atoms with Gasteiger partial charge < -0.3 is 15.5 Å². The van der Waals surface area contributed by atoms with Gasteiger partial charge in [-0.15, -0.1) is 0 Å². The fraction of sp³-hybridized carbons (Fsp3) is 0.467. The van der Waals surface area contributed by atoms with E-state index in [1.54, 1.807) is 26.0 Å². The van der Waals surface area contributed by atoms with Crippen LogP contribution in [-0.2, 0) is 16.0 Å². The summed E-state index contributed by atoms with van der Waals surface area (Å²) in [5.74, 6) is -0.931. The first-order chi connectivity index (χ1) is 9.29. The molecule has 0 fully saturated rings. The number of nitrogens with one attached hydrogen (secondary N) is 1. The van der Waals surface area contributed by atoms with E-state index in [4.69, 9.17) is 5.11 Å². The number of hydrogen-bond acceptors (Lipinski definition) is 3. The molecule has 1 aliphatic rings. The molecule has 3 N–H and O–H groups in total. The van der Waals surface area contributed by atoms with E-state index in [0.29, 0.717) is 18.4 Å². The summed E-state index contributed by atoms with van der Waals surface area (Å²) in [7, 11) is 0. The topological polar surface area (TPSA) is 86.6 Å². The third-order valence-electron chi connectivity index (χ3n) is 3.69. The molecule has 108 valence electrons. The highest BCUT2D eigenvalue weighted by Gasteiger charge is 2.31. The Hall–Kier alpha value is -1.88. The van der Waals surface area contributed by atoms with Gasteiger partial charge in [0.15, 0.2) is 0 Å². The maximum atomic E-state index is 11.3. The van der Waals surface area contributed by atoms with Crippen molar-refractivity contribution in [3.63, 3.8) is 0 Å². The minimum atomic E-state index is -0.983. The van der Waals surface area contributed by atoms with Crippen LogP contribution in [0.15, 0.2) is 18.2 Å². The van der Waals surface area contributed by atoms with E-state index in [1.165, 1.54) is 0 Å². The second kappa shape index (κ2) is 5.25. The summed E-state index contributed by atoms with van der Waals surface area (Å²) in [5, 5.41) is 22.1. The average molecular weight is 277 g/mol. The summed E-state index contributed by atoms with van der Waals surface area (Å²) < 4.78 is 0. The van der Waals surface area contributed by atoms with Gasteiger partial charge in [0.05, 0.1) is 11.5 Å². The van der Waals surface area contributed by atoms with Crippen LogP contribution >= 0.6 is 0 Å². The number of aliphatic hydroxyl groups excluding tert-OH is 1. The van der Waals surface area contributed by atoms with Crippen molar-refractivity contribution in [2.45, 2.75) is 39.2 Å². The molecule has 1 unspecified atom stereocenters. The second-order valence-electron chi connectivity index (χ2n) is 5.87. The molecule has 0 spiro atoms. The van der Waals surface area contributed by atoms with Gasteiger partial charge in [0, 0.05) is 12.1 Å². The Bertz CT molecular complexity index is 551. The monoisotopic (exact) mass is 277 g/mol. The van der Waals surface area contributed by atoms with Crippen LogP contribution in [0.2, 0.25) is 0 Å². The number of rotatable bonds is 4. The van der Waals surface area contributed by atoms with E-state index < -0.39 is 17.5 Å². The molecule has 0 saturated carbocycles. The predicted molar refractivity (Wildman–Crippen MR) is 74.4 cm³/mol. The Kier molecular flexibility index (Phi) is 3.81. The number of anilines is 1. The molecular formula is C15H19NO4. The van der Waals surface area contributed by atoms with E-state index in [9.17, 15) is 14.7 Å². The Morgan fingerprint density at radius 3 is 2.75 bits per heavy atom. The van der Waals surface area contributed by atoms with Gasteiger partial charge in [-0.1, -0.05) is 12.1 Å². The van der Waals surface area contributed by atoms with Gasteiger partial charge in [0.2, 0.25) is 5.91 Å². The molecule has 0 aromatic heterocycles. The summed E-state index contributed by atoms with van der Waals surface area (Å²) >= 11 is 0. The second-order valence-corrected chi connectivity index (χ2v) is 5.87.